The number of fused-ring (bicyclic) bond motifs is 1. The maximum absolute atomic E-state index is 11.9. The van der Waals surface area contributed by atoms with Crippen molar-refractivity contribution in [2.45, 2.75) is 32.0 Å². The Labute approximate surface area is 91.9 Å². The summed E-state index contributed by atoms with van der Waals surface area (Å²) in [6.07, 6.45) is 0. The van der Waals surface area contributed by atoms with Crippen molar-refractivity contribution in [3.63, 3.8) is 0 Å². The summed E-state index contributed by atoms with van der Waals surface area (Å²) in [5.41, 5.74) is -0.328. The monoisotopic (exact) mass is 226 g/mol. The van der Waals surface area contributed by atoms with Gasteiger partial charge in [-0.1, -0.05) is 13.8 Å². The molecule has 0 unspecified atom stereocenters. The molecule has 82 valence electrons. The smallest absolute Gasteiger partial charge is 0.287 e. The summed E-state index contributed by atoms with van der Waals surface area (Å²) >= 11 is 1.57. The molecule has 0 radical (unpaired) electrons. The van der Waals surface area contributed by atoms with Crippen molar-refractivity contribution < 1.29 is 0 Å². The van der Waals surface area contributed by atoms with Crippen LogP contribution in [0.15, 0.2) is 20.7 Å². The standard InChI is InChI=1S/C10H14N2O2S/c1-7(2)6-12-8(13)5-9-11(10(12)14)3-4-15-9/h5,7H,3-4,6H2,1-2H3. The zero-order valence-electron chi connectivity index (χ0n) is 8.90. The van der Waals surface area contributed by atoms with Crippen molar-refractivity contribution in [2.24, 2.45) is 5.92 Å². The van der Waals surface area contributed by atoms with E-state index >= 15 is 0 Å². The largest absolute Gasteiger partial charge is 0.331 e. The molecule has 0 fully saturated rings. The van der Waals surface area contributed by atoms with Gasteiger partial charge >= 0.3 is 5.69 Å². The van der Waals surface area contributed by atoms with Crippen LogP contribution >= 0.6 is 11.8 Å². The highest BCUT2D eigenvalue weighted by atomic mass is 32.2. The van der Waals surface area contributed by atoms with Gasteiger partial charge in [0.2, 0.25) is 0 Å². The summed E-state index contributed by atoms with van der Waals surface area (Å²) in [5, 5.41) is 0.810. The fraction of sp³-hybridized carbons (Fsp3) is 0.600. The molecule has 0 saturated heterocycles. The second kappa shape index (κ2) is 3.89. The molecule has 0 N–H and O–H groups in total. The predicted octanol–water partition coefficient (Wildman–Crippen LogP) is 0.772. The SMILES string of the molecule is CC(C)Cn1c(=O)cc2n(c1=O)CCS2. The van der Waals surface area contributed by atoms with Gasteiger partial charge < -0.3 is 0 Å². The van der Waals surface area contributed by atoms with Crippen LogP contribution in [-0.4, -0.2) is 14.9 Å². The van der Waals surface area contributed by atoms with Gasteiger partial charge in [-0.2, -0.15) is 0 Å². The fourth-order valence-electron chi connectivity index (χ4n) is 1.70. The maximum atomic E-state index is 11.9. The van der Waals surface area contributed by atoms with Crippen LogP contribution in [-0.2, 0) is 13.1 Å². The molecule has 2 heterocycles. The van der Waals surface area contributed by atoms with E-state index in [4.69, 9.17) is 0 Å². The average molecular weight is 226 g/mol. The van der Waals surface area contributed by atoms with Crippen LogP contribution in [0.2, 0.25) is 0 Å². The molecule has 1 aromatic rings. The third-order valence-electron chi connectivity index (χ3n) is 2.35. The number of nitrogens with zero attached hydrogens (tertiary/aromatic N) is 2. The first-order valence-electron chi connectivity index (χ1n) is 5.07. The molecule has 1 aromatic heterocycles. The molecule has 0 spiro atoms. The summed E-state index contributed by atoms with van der Waals surface area (Å²) in [4.78, 5) is 23.6. The number of hydrogen-bond acceptors (Lipinski definition) is 3. The maximum Gasteiger partial charge on any atom is 0.331 e. The third kappa shape index (κ3) is 1.88. The van der Waals surface area contributed by atoms with E-state index in [-0.39, 0.29) is 11.2 Å². The van der Waals surface area contributed by atoms with Crippen molar-refractivity contribution in [3.8, 4) is 0 Å². The highest BCUT2D eigenvalue weighted by Crippen LogP contribution is 2.21. The third-order valence-corrected chi connectivity index (χ3v) is 3.37. The summed E-state index contributed by atoms with van der Waals surface area (Å²) in [5.74, 6) is 1.20. The molecule has 2 rings (SSSR count). The van der Waals surface area contributed by atoms with E-state index in [1.807, 2.05) is 13.8 Å². The Morgan fingerprint density at radius 1 is 1.47 bits per heavy atom. The molecule has 1 aliphatic rings. The summed E-state index contributed by atoms with van der Waals surface area (Å²) < 4.78 is 3.02. The molecule has 5 heteroatoms. The zero-order valence-corrected chi connectivity index (χ0v) is 9.71. The topological polar surface area (TPSA) is 44.0 Å². The van der Waals surface area contributed by atoms with E-state index in [1.165, 1.54) is 4.57 Å². The minimum absolute atomic E-state index is 0.156. The van der Waals surface area contributed by atoms with E-state index in [0.717, 1.165) is 17.3 Å². The normalized spacial score (nSPS) is 14.6. The summed E-state index contributed by atoms with van der Waals surface area (Å²) in [6, 6.07) is 1.57. The van der Waals surface area contributed by atoms with Gasteiger partial charge in [0.25, 0.3) is 5.56 Å². The van der Waals surface area contributed by atoms with Gasteiger partial charge in [-0.05, 0) is 5.92 Å². The van der Waals surface area contributed by atoms with Crippen LogP contribution in [0.4, 0.5) is 0 Å². The molecule has 0 atom stereocenters. The Morgan fingerprint density at radius 2 is 2.20 bits per heavy atom. The molecule has 15 heavy (non-hydrogen) atoms. The van der Waals surface area contributed by atoms with Crippen molar-refractivity contribution in [3.05, 3.63) is 26.9 Å². The summed E-state index contributed by atoms with van der Waals surface area (Å²) in [6.45, 7) is 5.22. The van der Waals surface area contributed by atoms with Crippen LogP contribution in [0.3, 0.4) is 0 Å². The number of aromatic nitrogens is 2. The quantitative estimate of drug-likeness (QED) is 0.700. The Balaban J connectivity index is 2.57. The van der Waals surface area contributed by atoms with Gasteiger partial charge in [0.05, 0.1) is 5.03 Å². The van der Waals surface area contributed by atoms with E-state index in [1.54, 1.807) is 22.4 Å². The first-order valence-corrected chi connectivity index (χ1v) is 6.05. The van der Waals surface area contributed by atoms with Crippen LogP contribution in [0.5, 0.6) is 0 Å². The van der Waals surface area contributed by atoms with E-state index in [2.05, 4.69) is 0 Å². The Kier molecular flexibility index (Phi) is 2.73. The fourth-order valence-corrected chi connectivity index (χ4v) is 2.69. The summed E-state index contributed by atoms with van der Waals surface area (Å²) in [7, 11) is 0. The molecular formula is C10H14N2O2S. The predicted molar refractivity (Wildman–Crippen MR) is 60.5 cm³/mol. The highest BCUT2D eigenvalue weighted by molar-refractivity contribution is 7.99. The lowest BCUT2D eigenvalue weighted by atomic mass is 10.2. The van der Waals surface area contributed by atoms with E-state index < -0.39 is 0 Å². The molecular weight excluding hydrogens is 212 g/mol. The minimum Gasteiger partial charge on any atom is -0.287 e. The van der Waals surface area contributed by atoms with Crippen LogP contribution in [0, 0.1) is 5.92 Å². The van der Waals surface area contributed by atoms with Crippen LogP contribution < -0.4 is 11.2 Å². The lowest BCUT2D eigenvalue weighted by molar-refractivity contribution is 0.464. The first-order chi connectivity index (χ1) is 7.09. The average Bonchev–Trinajstić information content (AvgIpc) is 2.59. The molecule has 1 aliphatic heterocycles. The van der Waals surface area contributed by atoms with Crippen LogP contribution in [0.1, 0.15) is 13.8 Å². The van der Waals surface area contributed by atoms with Gasteiger partial charge in [0.1, 0.15) is 0 Å². The number of rotatable bonds is 2. The second-order valence-corrected chi connectivity index (χ2v) is 5.22. The molecule has 4 nitrogen and oxygen atoms in total. The number of thioether (sulfide) groups is 1. The van der Waals surface area contributed by atoms with E-state index in [0.29, 0.717) is 12.5 Å². The van der Waals surface area contributed by atoms with Crippen LogP contribution in [0.25, 0.3) is 0 Å². The Hall–Kier alpha value is -0.970. The highest BCUT2D eigenvalue weighted by Gasteiger charge is 2.16. The first kappa shape index (κ1) is 10.5. The van der Waals surface area contributed by atoms with E-state index in [9.17, 15) is 9.59 Å². The molecule has 0 aliphatic carbocycles. The Morgan fingerprint density at radius 3 is 2.87 bits per heavy atom. The second-order valence-electron chi connectivity index (χ2n) is 4.11. The lowest BCUT2D eigenvalue weighted by Gasteiger charge is -2.10. The minimum atomic E-state index is -0.172. The molecule has 0 aromatic carbocycles. The number of hydrogen-bond donors (Lipinski definition) is 0. The lowest BCUT2D eigenvalue weighted by Crippen LogP contribution is -2.40. The van der Waals surface area contributed by atoms with Gasteiger partial charge in [0, 0.05) is 24.9 Å². The van der Waals surface area contributed by atoms with Gasteiger partial charge in [-0.15, -0.1) is 11.8 Å². The molecule has 0 saturated carbocycles. The van der Waals surface area contributed by atoms with Crippen molar-refractivity contribution in [2.75, 3.05) is 5.75 Å². The molecule has 0 amide bonds. The van der Waals surface area contributed by atoms with Gasteiger partial charge in [-0.25, -0.2) is 4.79 Å². The Bertz CT molecular complexity index is 487. The van der Waals surface area contributed by atoms with Gasteiger partial charge in [0.15, 0.2) is 0 Å². The van der Waals surface area contributed by atoms with Crippen molar-refractivity contribution >= 4 is 11.8 Å². The van der Waals surface area contributed by atoms with Crippen molar-refractivity contribution in [1.29, 1.82) is 0 Å². The van der Waals surface area contributed by atoms with Crippen molar-refractivity contribution in [1.82, 2.24) is 9.13 Å². The van der Waals surface area contributed by atoms with Gasteiger partial charge in [-0.3, -0.25) is 13.9 Å². The molecule has 0 bridgehead atoms. The zero-order chi connectivity index (χ0) is 11.0.